The Morgan fingerprint density at radius 2 is 1.53 bits per heavy atom. The van der Waals surface area contributed by atoms with E-state index in [1.54, 1.807) is 6.20 Å². The number of carbonyl (C=O) groups excluding carboxylic acids is 3. The second-order valence-corrected chi connectivity index (χ2v) is 10.4. The first-order valence-corrected chi connectivity index (χ1v) is 13.7. The molecule has 19 heteroatoms. The first-order valence-electron chi connectivity index (χ1n) is 13.3. The van der Waals surface area contributed by atoms with Gasteiger partial charge in [-0.2, -0.15) is 44.5 Å². The second-order valence-electron chi connectivity index (χ2n) is 9.99. The van der Waals surface area contributed by atoms with Gasteiger partial charge in [0, 0.05) is 36.2 Å². The Kier molecular flexibility index (Phi) is 11.8. The van der Waals surface area contributed by atoms with Crippen LogP contribution in [-0.2, 0) is 27.2 Å². The van der Waals surface area contributed by atoms with Crippen LogP contribution < -0.4 is 21.3 Å². The molecule has 1 unspecified atom stereocenters. The van der Waals surface area contributed by atoms with Crippen molar-refractivity contribution in [3.63, 3.8) is 0 Å². The minimum atomic E-state index is -5.77. The zero-order valence-corrected chi connectivity index (χ0v) is 24.5. The van der Waals surface area contributed by atoms with E-state index in [0.717, 1.165) is 43.7 Å². The van der Waals surface area contributed by atoms with E-state index in [9.17, 15) is 49.1 Å². The number of fused-ring (bicyclic) bond motifs is 6. The van der Waals surface area contributed by atoms with Crippen LogP contribution in [0.25, 0.3) is 0 Å². The van der Waals surface area contributed by atoms with Crippen molar-refractivity contribution in [1.29, 1.82) is 0 Å². The largest absolute Gasteiger partial charge is 0.458 e. The molecule has 1 fully saturated rings. The van der Waals surface area contributed by atoms with Gasteiger partial charge in [-0.25, -0.2) is 4.98 Å². The molecule has 0 spiro atoms. The van der Waals surface area contributed by atoms with Crippen LogP contribution in [0, 0.1) is 0 Å². The number of aromatic nitrogens is 2. The minimum absolute atomic E-state index is 0.246. The van der Waals surface area contributed by atoms with E-state index in [1.807, 2.05) is 6.07 Å². The van der Waals surface area contributed by atoms with Crippen molar-refractivity contribution >= 4 is 58.3 Å². The standard InChI is InChI=1S/C22H23ClN6.C4F6O2.C2HF3O/c23-19-12-25-22-27-17-3-1-2-14(10-17)4-5-15-11-18(26-21(19)28-22)6-7-20(15)29-9-8-16(24)13-29;5-3(6,7)1(11)2(12)4(8,9)10;3-2(4,5)1-6/h1-3,6-7,10-12,16H,4-5,8-9,13,24H2,(H2,25,26,27,28);;1H. The van der Waals surface area contributed by atoms with Crippen LogP contribution in [0.2, 0.25) is 5.02 Å². The molecule has 0 amide bonds. The molecule has 4 N–H and O–H groups in total. The summed E-state index contributed by atoms with van der Waals surface area (Å²) in [5.41, 5.74) is 11.9. The summed E-state index contributed by atoms with van der Waals surface area (Å²) in [5.74, 6) is -5.72. The van der Waals surface area contributed by atoms with Gasteiger partial charge in [-0.1, -0.05) is 23.7 Å². The molecule has 0 saturated carbocycles. The molecule has 2 aliphatic rings. The maximum atomic E-state index is 11.2. The molecular weight excluding hydrogens is 675 g/mol. The second kappa shape index (κ2) is 15.0. The quantitative estimate of drug-likeness (QED) is 0.162. The maximum Gasteiger partial charge on any atom is 0.458 e. The van der Waals surface area contributed by atoms with Crippen LogP contribution >= 0.6 is 11.6 Å². The van der Waals surface area contributed by atoms with Gasteiger partial charge in [-0.15, -0.1) is 0 Å². The maximum absolute atomic E-state index is 11.2. The molecule has 5 rings (SSSR count). The molecule has 1 saturated heterocycles. The van der Waals surface area contributed by atoms with Crippen LogP contribution in [-0.4, -0.2) is 65.5 Å². The van der Waals surface area contributed by atoms with Crippen molar-refractivity contribution < 1.29 is 53.9 Å². The summed E-state index contributed by atoms with van der Waals surface area (Å²) in [7, 11) is 0. The highest BCUT2D eigenvalue weighted by atomic mass is 35.5. The SMILES string of the molecule is NC1CCN(c2ccc3cc2CCc2cccc(c2)Nc2ncc(Cl)c(n2)N3)C1.O=C(C(=O)C(F)(F)F)C(F)(F)F.O=CC(F)(F)F. The molecule has 6 bridgehead atoms. The lowest BCUT2D eigenvalue weighted by Gasteiger charge is -2.23. The van der Waals surface area contributed by atoms with Gasteiger partial charge in [-0.3, -0.25) is 14.4 Å². The van der Waals surface area contributed by atoms with Crippen LogP contribution in [0.3, 0.4) is 0 Å². The van der Waals surface area contributed by atoms with Crippen molar-refractivity contribution in [2.75, 3.05) is 28.6 Å². The number of halogens is 10. The van der Waals surface area contributed by atoms with E-state index in [2.05, 4.69) is 61.9 Å². The van der Waals surface area contributed by atoms with E-state index in [-0.39, 0.29) is 6.04 Å². The number of Topliss-reactive ketones (excluding diaryl/α,β-unsaturated/α-hetero) is 2. The summed E-state index contributed by atoms with van der Waals surface area (Å²) in [6.07, 6.45) is -12.7. The Morgan fingerprint density at radius 1 is 0.915 bits per heavy atom. The highest BCUT2D eigenvalue weighted by Crippen LogP contribution is 2.32. The van der Waals surface area contributed by atoms with Crippen molar-refractivity contribution in [3.05, 3.63) is 64.8 Å². The molecule has 1 aromatic heterocycles. The Balaban J connectivity index is 0.000000278. The van der Waals surface area contributed by atoms with Crippen molar-refractivity contribution in [1.82, 2.24) is 9.97 Å². The molecule has 3 aromatic rings. The van der Waals surface area contributed by atoms with Gasteiger partial charge in [0.05, 0.1) is 6.20 Å². The van der Waals surface area contributed by atoms with Gasteiger partial charge in [0.2, 0.25) is 12.2 Å². The topological polar surface area (TPSA) is 130 Å². The lowest BCUT2D eigenvalue weighted by Crippen LogP contribution is -2.39. The fourth-order valence-corrected chi connectivity index (χ4v) is 4.44. The predicted molar refractivity (Wildman–Crippen MR) is 153 cm³/mol. The third kappa shape index (κ3) is 11.1. The number of alkyl halides is 9. The van der Waals surface area contributed by atoms with E-state index < -0.39 is 36.4 Å². The summed E-state index contributed by atoms with van der Waals surface area (Å²) >= 11 is 6.35. The van der Waals surface area contributed by atoms with Gasteiger partial charge in [0.25, 0.3) is 0 Å². The Morgan fingerprint density at radius 3 is 2.09 bits per heavy atom. The first-order chi connectivity index (χ1) is 21.8. The summed E-state index contributed by atoms with van der Waals surface area (Å²) in [5, 5.41) is 7.11. The average Bonchev–Trinajstić information content (AvgIpc) is 3.42. The number of hydrogen-bond donors (Lipinski definition) is 3. The number of benzene rings is 2. The van der Waals surface area contributed by atoms with E-state index in [0.29, 0.717) is 16.8 Å². The normalized spacial score (nSPS) is 15.9. The summed E-state index contributed by atoms with van der Waals surface area (Å²) in [6.45, 7) is 1.90. The molecule has 0 aliphatic carbocycles. The zero-order chi connectivity index (χ0) is 35.2. The molecule has 9 nitrogen and oxygen atoms in total. The zero-order valence-electron chi connectivity index (χ0n) is 23.7. The number of anilines is 5. The fourth-order valence-electron chi connectivity index (χ4n) is 4.30. The highest BCUT2D eigenvalue weighted by molar-refractivity contribution is 6.41. The number of aryl methyl sites for hydroxylation is 2. The third-order valence-corrected chi connectivity index (χ3v) is 6.65. The first kappa shape index (κ1) is 37.0. The lowest BCUT2D eigenvalue weighted by molar-refractivity contribution is -0.193. The van der Waals surface area contributed by atoms with Gasteiger partial charge in [0.1, 0.15) is 5.02 Å². The Hall–Kier alpha value is -4.45. The number of nitrogens with zero attached hydrogens (tertiary/aromatic N) is 3. The molecule has 3 heterocycles. The predicted octanol–water partition coefficient (Wildman–Crippen LogP) is 6.25. The molecule has 2 aliphatic heterocycles. The van der Waals surface area contributed by atoms with Crippen molar-refractivity contribution in [3.8, 4) is 0 Å². The molecule has 0 radical (unpaired) electrons. The van der Waals surface area contributed by atoms with E-state index in [1.165, 1.54) is 16.8 Å². The fraction of sp³-hybridized carbons (Fsp3) is 0.321. The number of carbonyl (C=O) groups is 3. The molecule has 2 aromatic carbocycles. The highest BCUT2D eigenvalue weighted by Gasteiger charge is 2.54. The summed E-state index contributed by atoms with van der Waals surface area (Å²) in [4.78, 5) is 39.2. The molecule has 254 valence electrons. The lowest BCUT2D eigenvalue weighted by atomic mass is 10.0. The average molecular weight is 699 g/mol. The monoisotopic (exact) mass is 698 g/mol. The number of aldehydes is 1. The minimum Gasteiger partial charge on any atom is -0.370 e. The number of ketones is 2. The van der Waals surface area contributed by atoms with Gasteiger partial charge >= 0.3 is 30.1 Å². The van der Waals surface area contributed by atoms with Crippen molar-refractivity contribution in [2.24, 2.45) is 5.73 Å². The number of nitrogens with two attached hydrogens (primary N) is 1. The van der Waals surface area contributed by atoms with Crippen molar-refractivity contribution in [2.45, 2.75) is 43.8 Å². The van der Waals surface area contributed by atoms with Crippen LogP contribution in [0.1, 0.15) is 17.5 Å². The third-order valence-electron chi connectivity index (χ3n) is 6.37. The number of hydrogen-bond acceptors (Lipinski definition) is 9. The van der Waals surface area contributed by atoms with E-state index >= 15 is 0 Å². The molecular formula is C28H24ClF9N6O3. The summed E-state index contributed by atoms with van der Waals surface area (Å²) in [6, 6.07) is 15.1. The van der Waals surface area contributed by atoms with Crippen LogP contribution in [0.4, 0.5) is 68.3 Å². The van der Waals surface area contributed by atoms with E-state index in [4.69, 9.17) is 22.1 Å². The van der Waals surface area contributed by atoms with Gasteiger partial charge in [0.15, 0.2) is 5.82 Å². The van der Waals surface area contributed by atoms with Gasteiger partial charge in [-0.05, 0) is 60.7 Å². The number of rotatable bonds is 2. The van der Waals surface area contributed by atoms with Gasteiger partial charge < -0.3 is 21.3 Å². The molecule has 47 heavy (non-hydrogen) atoms. The smallest absolute Gasteiger partial charge is 0.370 e. The van der Waals surface area contributed by atoms with Crippen LogP contribution in [0.15, 0.2) is 48.7 Å². The van der Waals surface area contributed by atoms with Crippen LogP contribution in [0.5, 0.6) is 0 Å². The molecule has 1 atom stereocenters. The Bertz CT molecular complexity index is 1580. The number of nitrogens with one attached hydrogen (secondary N) is 2. The summed E-state index contributed by atoms with van der Waals surface area (Å²) < 4.78 is 98.2. The Labute approximate surface area is 265 Å².